The number of hydrogen-bond donors (Lipinski definition) is 4. The number of fused-ring (bicyclic) bond motifs is 12. The third kappa shape index (κ3) is 11.8. The van der Waals surface area contributed by atoms with Crippen molar-refractivity contribution in [3.8, 4) is 0 Å². The lowest BCUT2D eigenvalue weighted by Gasteiger charge is -2.31. The quantitative estimate of drug-likeness (QED) is 0.0424. The van der Waals surface area contributed by atoms with Gasteiger partial charge in [-0.05, 0) is 156 Å². The Kier molecular flexibility index (Phi) is 20.0. The zero-order valence-corrected chi connectivity index (χ0v) is 51.0. The van der Waals surface area contributed by atoms with Gasteiger partial charge in [-0.15, -0.1) is 0 Å². The smallest absolute Gasteiger partial charge is 0.330 e. The van der Waals surface area contributed by atoms with E-state index in [-0.39, 0.29) is 98.4 Å². The minimum absolute atomic E-state index is 0.0704. The van der Waals surface area contributed by atoms with Crippen molar-refractivity contribution in [1.82, 2.24) is 29.9 Å². The van der Waals surface area contributed by atoms with Gasteiger partial charge in [0.15, 0.2) is 0 Å². The van der Waals surface area contributed by atoms with Crippen molar-refractivity contribution in [2.75, 3.05) is 52.9 Å². The molecule has 6 aromatic heterocycles. The summed E-state index contributed by atoms with van der Waals surface area (Å²) in [5.41, 5.74) is -8.41. The Labute approximate surface area is 499 Å². The highest BCUT2D eigenvalue weighted by Crippen LogP contribution is 2.42. The number of ether oxygens (including phenoxy) is 8. The third-order valence-corrected chi connectivity index (χ3v) is 15.8. The summed E-state index contributed by atoms with van der Waals surface area (Å²) in [5, 5.41) is 0. The number of carbonyl (C=O) groups is 8. The topological polar surface area (TPSA) is 299 Å². The van der Waals surface area contributed by atoms with Crippen molar-refractivity contribution in [2.45, 2.75) is 141 Å². The molecule has 4 N–H and O–H groups in total. The highest BCUT2D eigenvalue weighted by atomic mass is 16.6. The van der Waals surface area contributed by atoms with Crippen LogP contribution in [0.3, 0.4) is 0 Å². The number of nitrogens with one attached hydrogen (secondary N) is 4. The number of hydrogen-bond acceptors (Lipinski definition) is 18. The van der Waals surface area contributed by atoms with Gasteiger partial charge in [0.25, 0.3) is 0 Å². The molecule has 0 unspecified atom stereocenters. The molecular formula is C64H78N6O16. The molecule has 0 spiro atoms. The molecule has 22 heteroatoms. The minimum Gasteiger partial charge on any atom is -0.465 e. The highest BCUT2D eigenvalue weighted by Gasteiger charge is 2.57. The summed E-state index contributed by atoms with van der Waals surface area (Å²) in [4.78, 5) is 141. The van der Waals surface area contributed by atoms with E-state index in [4.69, 9.17) is 47.9 Å². The molecule has 1 aliphatic heterocycles. The van der Waals surface area contributed by atoms with E-state index in [9.17, 15) is 38.4 Å². The number of aromatic nitrogens is 6. The van der Waals surface area contributed by atoms with Crippen molar-refractivity contribution >= 4 is 47.8 Å². The van der Waals surface area contributed by atoms with Gasteiger partial charge < -0.3 is 57.8 Å². The number of pyridine rings is 2. The van der Waals surface area contributed by atoms with E-state index >= 15 is 0 Å². The summed E-state index contributed by atoms with van der Waals surface area (Å²) in [6.07, 6.45) is -1.77. The Bertz CT molecular complexity index is 2940. The second-order valence-corrected chi connectivity index (χ2v) is 21.7. The van der Waals surface area contributed by atoms with Gasteiger partial charge in [0.1, 0.15) is 0 Å². The Balaban J connectivity index is 1.56. The largest absolute Gasteiger partial charge is 0.465 e. The van der Waals surface area contributed by atoms with Crippen molar-refractivity contribution in [3.05, 3.63) is 153 Å². The van der Waals surface area contributed by atoms with E-state index in [1.165, 1.54) is 0 Å². The lowest BCUT2D eigenvalue weighted by atomic mass is 9.78. The Morgan fingerprint density at radius 1 is 0.302 bits per heavy atom. The second-order valence-electron chi connectivity index (χ2n) is 21.7. The molecule has 7 heterocycles. The minimum atomic E-state index is -2.23. The van der Waals surface area contributed by atoms with Crippen LogP contribution in [-0.2, 0) is 134 Å². The van der Waals surface area contributed by atoms with E-state index < -0.39 is 106 Å². The summed E-state index contributed by atoms with van der Waals surface area (Å²) < 4.78 is 45.7. The molecule has 86 heavy (non-hydrogen) atoms. The van der Waals surface area contributed by atoms with E-state index in [1.54, 1.807) is 140 Å². The van der Waals surface area contributed by atoms with E-state index in [1.807, 2.05) is 27.7 Å². The van der Waals surface area contributed by atoms with Gasteiger partial charge in [0.2, 0.25) is 21.7 Å². The first-order valence-corrected chi connectivity index (χ1v) is 29.1. The molecule has 22 nitrogen and oxygen atoms in total. The second kappa shape index (κ2) is 26.6. The maximum Gasteiger partial charge on any atom is 0.330 e. The van der Waals surface area contributed by atoms with Crippen molar-refractivity contribution in [1.29, 1.82) is 0 Å². The molecule has 0 amide bonds. The molecule has 0 aromatic carbocycles. The molecule has 0 saturated heterocycles. The third-order valence-electron chi connectivity index (χ3n) is 15.8. The molecule has 6 aromatic rings. The lowest BCUT2D eigenvalue weighted by molar-refractivity contribution is -0.167. The van der Waals surface area contributed by atoms with Gasteiger partial charge in [-0.3, -0.25) is 48.3 Å². The predicted molar refractivity (Wildman–Crippen MR) is 310 cm³/mol. The molecular weight excluding hydrogens is 1110 g/mol. The van der Waals surface area contributed by atoms with Gasteiger partial charge in [-0.1, -0.05) is 12.1 Å². The van der Waals surface area contributed by atoms with Gasteiger partial charge in [0, 0.05) is 105 Å². The fraction of sp³-hybridized carbons (Fsp3) is 0.469. The molecule has 0 fully saturated rings. The highest BCUT2D eigenvalue weighted by molar-refractivity contribution is 6.09. The normalized spacial score (nSPS) is 16.3. The van der Waals surface area contributed by atoms with Crippen LogP contribution >= 0.6 is 0 Å². The summed E-state index contributed by atoms with van der Waals surface area (Å²) in [7, 11) is 0. The monoisotopic (exact) mass is 1190 g/mol. The van der Waals surface area contributed by atoms with Crippen LogP contribution in [0.4, 0.5) is 0 Å². The average molecular weight is 1190 g/mol. The summed E-state index contributed by atoms with van der Waals surface area (Å²) in [5.74, 6) is -7.66. The van der Waals surface area contributed by atoms with Crippen molar-refractivity contribution < 1.29 is 76.3 Å². The zero-order chi connectivity index (χ0) is 62.8. The van der Waals surface area contributed by atoms with Crippen LogP contribution in [0.15, 0.2) is 84.9 Å². The van der Waals surface area contributed by atoms with Crippen molar-refractivity contribution in [2.24, 2.45) is 0 Å². The fourth-order valence-corrected chi connectivity index (χ4v) is 11.1. The van der Waals surface area contributed by atoms with Crippen LogP contribution in [0.25, 0.3) is 0 Å². The van der Waals surface area contributed by atoms with Crippen LogP contribution in [0.5, 0.6) is 0 Å². The Morgan fingerprint density at radius 3 is 0.628 bits per heavy atom. The molecule has 0 aliphatic carbocycles. The number of carbonyl (C=O) groups excluding carboxylic acids is 8. The van der Waals surface area contributed by atoms with Crippen LogP contribution < -0.4 is 0 Å². The Hall–Kier alpha value is -8.82. The zero-order valence-electron chi connectivity index (χ0n) is 51.0. The lowest BCUT2D eigenvalue weighted by Crippen LogP contribution is -2.49. The van der Waals surface area contributed by atoms with Crippen molar-refractivity contribution in [3.63, 3.8) is 0 Å². The first kappa shape index (κ1) is 64.7. The molecule has 12 bridgehead atoms. The molecule has 0 radical (unpaired) electrons. The molecule has 460 valence electrons. The van der Waals surface area contributed by atoms with Gasteiger partial charge in [-0.2, -0.15) is 0 Å². The molecule has 1 aliphatic rings. The average Bonchev–Trinajstić information content (AvgIpc) is 1.54. The summed E-state index contributed by atoms with van der Waals surface area (Å²) in [6, 6.07) is 22.6. The molecule has 0 saturated carbocycles. The SMILES string of the molecule is CCOC(=O)C1(C(=O)OCC)Cc2cccc(n2)CC(C(=O)OCC)(C(=O)OCC)c2ccc([nH]2)C(C)(C)c2ccc([nH]2)C(C(=O)OCC)(C(=O)OCC)Cc2cccc(n2)CC(C(=O)OCC)(C(=O)OCC)c2ccc([nH]2)C(C)(C)c2ccc1[nH]2. The van der Waals surface area contributed by atoms with Gasteiger partial charge >= 0.3 is 47.8 Å². The predicted octanol–water partition coefficient (Wildman–Crippen LogP) is 7.18. The molecule has 7 rings (SSSR count). The van der Waals surface area contributed by atoms with Crippen LogP contribution in [0.1, 0.15) is 151 Å². The number of rotatable bonds is 16. The standard InChI is InChI=1S/C64H78N6O16/c1-13-79-51(71)61(52(72)80-14-2)35-39-23-21-24-40(65-39)36-62(53(73)81-15-3,54(74)82-16-4)48-33-29-45(69-48)60(11,12)46-30-34-50(70-46)64(57(77)85-19-7,58(78)86-20-8)38-42-26-22-25-41(66-42)37-63(55(75)83-17-5,56(76)84-18-6)49-32-28-44(68-49)59(9,10)43-27-31-47(61)67-43/h21-34,67-70H,13-20,35-38H2,1-12H3. The van der Waals surface area contributed by atoms with Crippen LogP contribution in [0.2, 0.25) is 0 Å². The number of aromatic amines is 4. The number of H-pyrrole nitrogens is 4. The van der Waals surface area contributed by atoms with Crippen LogP contribution in [-0.4, -0.2) is 131 Å². The van der Waals surface area contributed by atoms with Crippen LogP contribution in [0, 0.1) is 0 Å². The van der Waals surface area contributed by atoms with E-state index in [2.05, 4.69) is 19.9 Å². The summed E-state index contributed by atoms with van der Waals surface area (Å²) in [6.45, 7) is 19.2. The van der Waals surface area contributed by atoms with Gasteiger partial charge in [0.05, 0.1) is 52.9 Å². The van der Waals surface area contributed by atoms with E-state index in [0.29, 0.717) is 22.8 Å². The Morgan fingerprint density at radius 2 is 0.465 bits per heavy atom. The fourth-order valence-electron chi connectivity index (χ4n) is 11.1. The maximum absolute atomic E-state index is 14.8. The number of esters is 8. The summed E-state index contributed by atoms with van der Waals surface area (Å²) >= 11 is 0. The number of nitrogens with zero attached hydrogens (tertiary/aromatic N) is 2. The maximum atomic E-state index is 14.8. The van der Waals surface area contributed by atoms with E-state index in [0.717, 1.165) is 0 Å². The molecule has 0 atom stereocenters. The first-order chi connectivity index (χ1) is 41.0. The van der Waals surface area contributed by atoms with Gasteiger partial charge in [-0.25, -0.2) is 0 Å². The first-order valence-electron chi connectivity index (χ1n) is 29.1.